The van der Waals surface area contributed by atoms with Gasteiger partial charge in [0.25, 0.3) is 0 Å². The van der Waals surface area contributed by atoms with Crippen molar-refractivity contribution >= 4 is 22.0 Å². The summed E-state index contributed by atoms with van der Waals surface area (Å²) in [6, 6.07) is -0.495. The van der Waals surface area contributed by atoms with Crippen molar-refractivity contribution in [3.63, 3.8) is 0 Å². The lowest BCUT2D eigenvalue weighted by Crippen LogP contribution is -2.47. The highest BCUT2D eigenvalue weighted by Gasteiger charge is 2.55. The molecular formula is C15H25N3O5S. The molecule has 2 aliphatic heterocycles. The van der Waals surface area contributed by atoms with Crippen LogP contribution in [-0.2, 0) is 14.8 Å². The molecule has 2 saturated heterocycles. The molecule has 24 heavy (non-hydrogen) atoms. The Morgan fingerprint density at radius 1 is 1.29 bits per heavy atom. The second-order valence-electron chi connectivity index (χ2n) is 7.29. The van der Waals surface area contributed by atoms with Gasteiger partial charge in [0.1, 0.15) is 0 Å². The van der Waals surface area contributed by atoms with E-state index in [-0.39, 0.29) is 31.1 Å². The standard InChI is InChI=1S/C15H25N3O5S/c1-24(22,23)18-7-3-5-12(18)8-16-14(21)17-9-11-4-2-6-15(11,10-17)13(19)20/h11-12H,2-10H2,1H3,(H,16,21)(H,19,20)/t11-,12+,15+/m0/s1. The molecule has 0 aromatic carbocycles. The molecule has 2 heterocycles. The fraction of sp³-hybridized carbons (Fsp3) is 0.867. The van der Waals surface area contributed by atoms with Crippen molar-refractivity contribution in [3.8, 4) is 0 Å². The van der Waals surface area contributed by atoms with E-state index in [1.54, 1.807) is 4.90 Å². The number of amides is 2. The summed E-state index contributed by atoms with van der Waals surface area (Å²) in [6.45, 7) is 1.48. The fourth-order valence-electron chi connectivity index (χ4n) is 4.56. The number of carboxylic acid groups (broad SMARTS) is 1. The Hall–Kier alpha value is -1.35. The Labute approximate surface area is 142 Å². The van der Waals surface area contributed by atoms with Gasteiger partial charge in [0.15, 0.2) is 0 Å². The molecule has 3 atom stereocenters. The van der Waals surface area contributed by atoms with Gasteiger partial charge in [-0.15, -0.1) is 0 Å². The van der Waals surface area contributed by atoms with E-state index in [9.17, 15) is 23.1 Å². The molecule has 2 N–H and O–H groups in total. The lowest BCUT2D eigenvalue weighted by molar-refractivity contribution is -0.149. The van der Waals surface area contributed by atoms with Crippen LogP contribution in [0.15, 0.2) is 0 Å². The predicted octanol–water partition coefficient (Wildman–Crippen LogP) is 0.307. The first kappa shape index (κ1) is 17.5. The van der Waals surface area contributed by atoms with E-state index in [0.717, 1.165) is 25.7 Å². The Bertz CT molecular complexity index is 637. The number of rotatable bonds is 4. The largest absolute Gasteiger partial charge is 0.481 e. The van der Waals surface area contributed by atoms with Crippen LogP contribution in [0.5, 0.6) is 0 Å². The minimum absolute atomic E-state index is 0.0275. The average molecular weight is 359 g/mol. The molecular weight excluding hydrogens is 334 g/mol. The second kappa shape index (κ2) is 6.18. The van der Waals surface area contributed by atoms with Gasteiger partial charge in [0, 0.05) is 32.2 Å². The van der Waals surface area contributed by atoms with Crippen molar-refractivity contribution in [1.82, 2.24) is 14.5 Å². The zero-order valence-corrected chi connectivity index (χ0v) is 14.7. The zero-order valence-electron chi connectivity index (χ0n) is 13.9. The van der Waals surface area contributed by atoms with E-state index in [1.807, 2.05) is 0 Å². The van der Waals surface area contributed by atoms with Crippen molar-refractivity contribution in [1.29, 1.82) is 0 Å². The highest BCUT2D eigenvalue weighted by molar-refractivity contribution is 7.88. The molecule has 0 aromatic heterocycles. The summed E-state index contributed by atoms with van der Waals surface area (Å²) in [5, 5.41) is 12.4. The number of aliphatic carboxylic acids is 1. The molecule has 3 rings (SSSR count). The van der Waals surface area contributed by atoms with Gasteiger partial charge in [0.05, 0.1) is 11.7 Å². The maximum atomic E-state index is 12.4. The molecule has 9 heteroatoms. The number of sulfonamides is 1. The molecule has 0 radical (unpaired) electrons. The normalized spacial score (nSPS) is 33.6. The number of fused-ring (bicyclic) bond motifs is 1. The highest BCUT2D eigenvalue weighted by Crippen LogP contribution is 2.48. The molecule has 2 amide bonds. The maximum Gasteiger partial charge on any atom is 0.317 e. The van der Waals surface area contributed by atoms with Gasteiger partial charge in [-0.05, 0) is 31.6 Å². The molecule has 0 bridgehead atoms. The van der Waals surface area contributed by atoms with E-state index in [0.29, 0.717) is 19.5 Å². The van der Waals surface area contributed by atoms with Crippen molar-refractivity contribution in [2.75, 3.05) is 32.4 Å². The van der Waals surface area contributed by atoms with Gasteiger partial charge in [-0.2, -0.15) is 4.31 Å². The zero-order chi connectivity index (χ0) is 17.5. The van der Waals surface area contributed by atoms with Crippen molar-refractivity contribution in [2.24, 2.45) is 11.3 Å². The number of carbonyl (C=O) groups is 2. The van der Waals surface area contributed by atoms with Crippen LogP contribution in [-0.4, -0.2) is 73.2 Å². The van der Waals surface area contributed by atoms with Gasteiger partial charge >= 0.3 is 12.0 Å². The summed E-state index contributed by atoms with van der Waals surface area (Å²) >= 11 is 0. The van der Waals surface area contributed by atoms with Crippen LogP contribution in [0.2, 0.25) is 0 Å². The lowest BCUT2D eigenvalue weighted by Gasteiger charge is -2.25. The summed E-state index contributed by atoms with van der Waals surface area (Å²) in [5.74, 6) is -0.779. The quantitative estimate of drug-likeness (QED) is 0.751. The molecule has 8 nitrogen and oxygen atoms in total. The summed E-state index contributed by atoms with van der Waals surface area (Å²) in [4.78, 5) is 25.7. The number of hydrogen-bond acceptors (Lipinski definition) is 4. The van der Waals surface area contributed by atoms with Crippen LogP contribution in [0.4, 0.5) is 4.79 Å². The van der Waals surface area contributed by atoms with Crippen LogP contribution in [0.3, 0.4) is 0 Å². The van der Waals surface area contributed by atoms with E-state index < -0.39 is 21.4 Å². The van der Waals surface area contributed by atoms with Gasteiger partial charge in [0.2, 0.25) is 10.0 Å². The fourth-order valence-corrected chi connectivity index (χ4v) is 5.74. The molecule has 3 fully saturated rings. The number of carbonyl (C=O) groups excluding carboxylic acids is 1. The van der Waals surface area contributed by atoms with Crippen molar-refractivity contribution in [2.45, 2.75) is 38.1 Å². The Morgan fingerprint density at radius 2 is 2.04 bits per heavy atom. The highest BCUT2D eigenvalue weighted by atomic mass is 32.2. The summed E-state index contributed by atoms with van der Waals surface area (Å²) in [5.41, 5.74) is -0.788. The van der Waals surface area contributed by atoms with Crippen molar-refractivity contribution < 1.29 is 23.1 Å². The van der Waals surface area contributed by atoms with Crippen LogP contribution >= 0.6 is 0 Å². The number of nitrogens with one attached hydrogen (secondary N) is 1. The molecule has 136 valence electrons. The van der Waals surface area contributed by atoms with E-state index in [1.165, 1.54) is 10.6 Å². The topological polar surface area (TPSA) is 107 Å². The first-order valence-corrected chi connectivity index (χ1v) is 10.3. The third-order valence-corrected chi connectivity index (χ3v) is 7.15. The van der Waals surface area contributed by atoms with Crippen molar-refractivity contribution in [3.05, 3.63) is 0 Å². The summed E-state index contributed by atoms with van der Waals surface area (Å²) in [7, 11) is -3.26. The maximum absolute atomic E-state index is 12.4. The SMILES string of the molecule is CS(=O)(=O)N1CCC[C@@H]1CNC(=O)N1C[C@@H]2CCC[C@@]2(C(=O)O)C1. The number of hydrogen-bond donors (Lipinski definition) is 2. The molecule has 1 aliphatic carbocycles. The average Bonchev–Trinajstić information content (AvgIpc) is 3.16. The van der Waals surface area contributed by atoms with Gasteiger partial charge < -0.3 is 15.3 Å². The van der Waals surface area contributed by atoms with Crippen LogP contribution in [0.25, 0.3) is 0 Å². The second-order valence-corrected chi connectivity index (χ2v) is 9.22. The predicted molar refractivity (Wildman–Crippen MR) is 87.0 cm³/mol. The molecule has 0 unspecified atom stereocenters. The van der Waals surface area contributed by atoms with Gasteiger partial charge in [-0.1, -0.05) is 6.42 Å². The van der Waals surface area contributed by atoms with Crippen LogP contribution in [0, 0.1) is 11.3 Å². The summed E-state index contributed by atoms with van der Waals surface area (Å²) < 4.78 is 24.9. The van der Waals surface area contributed by atoms with Gasteiger partial charge in [-0.3, -0.25) is 4.79 Å². The molecule has 1 saturated carbocycles. The molecule has 0 spiro atoms. The number of urea groups is 1. The first-order valence-electron chi connectivity index (χ1n) is 8.47. The number of likely N-dealkylation sites (tertiary alicyclic amines) is 1. The minimum atomic E-state index is -3.26. The van der Waals surface area contributed by atoms with Crippen LogP contribution < -0.4 is 5.32 Å². The summed E-state index contributed by atoms with van der Waals surface area (Å²) in [6.07, 6.45) is 5.08. The Morgan fingerprint density at radius 3 is 2.67 bits per heavy atom. The Kier molecular flexibility index (Phi) is 4.50. The van der Waals surface area contributed by atoms with E-state index >= 15 is 0 Å². The van der Waals surface area contributed by atoms with Crippen LogP contribution in [0.1, 0.15) is 32.1 Å². The Balaban J connectivity index is 1.58. The van der Waals surface area contributed by atoms with Gasteiger partial charge in [-0.25, -0.2) is 13.2 Å². The monoisotopic (exact) mass is 359 g/mol. The first-order chi connectivity index (χ1) is 11.2. The smallest absolute Gasteiger partial charge is 0.317 e. The lowest BCUT2D eigenvalue weighted by atomic mass is 9.81. The molecule has 0 aromatic rings. The molecule has 3 aliphatic rings. The minimum Gasteiger partial charge on any atom is -0.481 e. The van der Waals surface area contributed by atoms with E-state index in [2.05, 4.69) is 5.32 Å². The number of carboxylic acids is 1. The van der Waals surface area contributed by atoms with E-state index in [4.69, 9.17) is 0 Å². The number of nitrogens with zero attached hydrogens (tertiary/aromatic N) is 2. The third kappa shape index (κ3) is 2.99. The third-order valence-electron chi connectivity index (χ3n) is 5.82.